The van der Waals surface area contributed by atoms with Gasteiger partial charge in [0.05, 0.1) is 17.1 Å². The highest BCUT2D eigenvalue weighted by atomic mass is 16.1. The van der Waals surface area contributed by atoms with Crippen LogP contribution in [0.2, 0.25) is 0 Å². The normalized spacial score (nSPS) is 10.8. The Hall–Kier alpha value is -3.72. The Bertz CT molecular complexity index is 1180. The Morgan fingerprint density at radius 1 is 1.15 bits per heavy atom. The second kappa shape index (κ2) is 5.97. The minimum absolute atomic E-state index is 0.354. The van der Waals surface area contributed by atoms with Crippen molar-refractivity contribution in [3.63, 3.8) is 0 Å². The van der Waals surface area contributed by atoms with Gasteiger partial charge in [-0.2, -0.15) is 10.4 Å². The number of hydrogen-bond acceptors (Lipinski definition) is 4. The van der Waals surface area contributed by atoms with E-state index in [1.165, 1.54) is 0 Å². The van der Waals surface area contributed by atoms with Crippen molar-refractivity contribution >= 4 is 17.2 Å². The summed E-state index contributed by atoms with van der Waals surface area (Å²) in [6.07, 6.45) is 2.45. The molecule has 126 valence electrons. The predicted molar refractivity (Wildman–Crippen MR) is 98.1 cm³/mol. The van der Waals surface area contributed by atoms with Gasteiger partial charge in [0.2, 0.25) is 0 Å². The summed E-state index contributed by atoms with van der Waals surface area (Å²) in [5.74, 6) is 0.650. The molecule has 2 heterocycles. The van der Waals surface area contributed by atoms with Gasteiger partial charge in [0, 0.05) is 35.6 Å². The van der Waals surface area contributed by atoms with E-state index < -0.39 is 0 Å². The van der Waals surface area contributed by atoms with Crippen molar-refractivity contribution < 1.29 is 4.79 Å². The van der Waals surface area contributed by atoms with Crippen molar-refractivity contribution in [2.45, 2.75) is 6.92 Å². The molecule has 6 heteroatoms. The number of benzene rings is 2. The quantitative estimate of drug-likeness (QED) is 0.535. The van der Waals surface area contributed by atoms with Crippen molar-refractivity contribution in [1.29, 1.82) is 5.26 Å². The number of rotatable bonds is 3. The molecule has 0 radical (unpaired) electrons. The summed E-state index contributed by atoms with van der Waals surface area (Å²) >= 11 is 0. The lowest BCUT2D eigenvalue weighted by Crippen LogP contribution is -1.96. The Morgan fingerprint density at radius 2 is 1.92 bits per heavy atom. The molecule has 6 nitrogen and oxygen atoms in total. The van der Waals surface area contributed by atoms with E-state index >= 15 is 0 Å². The number of carbonyl (C=O) groups is 1. The summed E-state index contributed by atoms with van der Waals surface area (Å²) in [5, 5.41) is 14.5. The number of carbonyl (C=O) groups excluding carboxylic acids is 1. The molecule has 4 aromatic rings. The van der Waals surface area contributed by atoms with Crippen LogP contribution in [0, 0.1) is 18.3 Å². The molecule has 4 rings (SSSR count). The second-order valence-electron chi connectivity index (χ2n) is 6.08. The molecule has 26 heavy (non-hydrogen) atoms. The third kappa shape index (κ3) is 2.47. The van der Waals surface area contributed by atoms with Crippen LogP contribution < -0.4 is 0 Å². The van der Waals surface area contributed by atoms with Gasteiger partial charge in [0.1, 0.15) is 11.5 Å². The summed E-state index contributed by atoms with van der Waals surface area (Å²) in [6, 6.07) is 15.2. The monoisotopic (exact) mass is 341 g/mol. The van der Waals surface area contributed by atoms with E-state index in [1.807, 2.05) is 53.6 Å². The van der Waals surface area contributed by atoms with Gasteiger partial charge in [-0.05, 0) is 49.4 Å². The minimum atomic E-state index is 0.354. The number of fused-ring (bicyclic) bond motifs is 1. The first-order chi connectivity index (χ1) is 12.6. The standard InChI is InChI=1S/C20H15N5O/c1-13-18-9-17(7-8-19(18)23-24(13)2)25-11-16(12-26)22-20(25)15-5-3-14(10-21)4-6-15/h3-9,11-12H,1-2H3. The van der Waals surface area contributed by atoms with Gasteiger partial charge in [-0.15, -0.1) is 0 Å². The maximum absolute atomic E-state index is 11.3. The fraction of sp³-hybridized carbons (Fsp3) is 0.100. The molecule has 0 N–H and O–H groups in total. The lowest BCUT2D eigenvalue weighted by atomic mass is 10.1. The highest BCUT2D eigenvalue weighted by Crippen LogP contribution is 2.26. The molecule has 0 unspecified atom stereocenters. The number of nitriles is 1. The zero-order valence-electron chi connectivity index (χ0n) is 14.3. The molecule has 0 saturated heterocycles. The number of aryl methyl sites for hydroxylation is 2. The van der Waals surface area contributed by atoms with Crippen LogP contribution >= 0.6 is 0 Å². The zero-order valence-corrected chi connectivity index (χ0v) is 14.3. The minimum Gasteiger partial charge on any atom is -0.299 e. The van der Waals surface area contributed by atoms with Crippen molar-refractivity contribution in [3.05, 3.63) is 65.6 Å². The lowest BCUT2D eigenvalue weighted by molar-refractivity contribution is 0.111. The number of aromatic nitrogens is 4. The van der Waals surface area contributed by atoms with Crippen LogP contribution in [0.5, 0.6) is 0 Å². The average Bonchev–Trinajstić information content (AvgIpc) is 3.23. The van der Waals surface area contributed by atoms with Crippen LogP contribution in [-0.4, -0.2) is 25.6 Å². The molecule has 0 bridgehead atoms. The molecule has 0 aliphatic rings. The molecule has 0 atom stereocenters. The Morgan fingerprint density at radius 3 is 2.62 bits per heavy atom. The second-order valence-corrected chi connectivity index (χ2v) is 6.08. The third-order valence-electron chi connectivity index (χ3n) is 4.51. The first-order valence-electron chi connectivity index (χ1n) is 8.09. The van der Waals surface area contributed by atoms with E-state index in [0.29, 0.717) is 17.1 Å². The van der Waals surface area contributed by atoms with Gasteiger partial charge in [0.25, 0.3) is 0 Å². The van der Waals surface area contributed by atoms with Gasteiger partial charge >= 0.3 is 0 Å². The van der Waals surface area contributed by atoms with Crippen molar-refractivity contribution in [3.8, 4) is 23.1 Å². The smallest absolute Gasteiger partial charge is 0.170 e. The summed E-state index contributed by atoms with van der Waals surface area (Å²) < 4.78 is 3.73. The van der Waals surface area contributed by atoms with E-state index in [2.05, 4.69) is 16.2 Å². The van der Waals surface area contributed by atoms with Gasteiger partial charge in [-0.1, -0.05) is 0 Å². The molecular formula is C20H15N5O. The molecule has 2 aromatic carbocycles. The predicted octanol–water partition coefficient (Wildman–Crippen LogP) is 3.42. The Kier molecular flexibility index (Phi) is 3.63. The van der Waals surface area contributed by atoms with Crippen molar-refractivity contribution in [1.82, 2.24) is 19.3 Å². The first-order valence-corrected chi connectivity index (χ1v) is 8.09. The SMILES string of the molecule is Cc1c2cc(-n3cc(C=O)nc3-c3ccc(C#N)cc3)ccc2nn1C. The van der Waals surface area contributed by atoms with Crippen LogP contribution in [-0.2, 0) is 7.05 Å². The largest absolute Gasteiger partial charge is 0.299 e. The van der Waals surface area contributed by atoms with E-state index in [-0.39, 0.29) is 0 Å². The summed E-state index contributed by atoms with van der Waals surface area (Å²) in [5.41, 5.74) is 4.65. The highest BCUT2D eigenvalue weighted by molar-refractivity contribution is 5.84. The van der Waals surface area contributed by atoms with Gasteiger partial charge < -0.3 is 0 Å². The number of imidazole rings is 1. The van der Waals surface area contributed by atoms with Crippen LogP contribution in [0.1, 0.15) is 21.7 Å². The van der Waals surface area contributed by atoms with Crippen molar-refractivity contribution in [2.75, 3.05) is 0 Å². The van der Waals surface area contributed by atoms with Gasteiger partial charge in [-0.3, -0.25) is 14.0 Å². The number of aldehydes is 1. The van der Waals surface area contributed by atoms with Gasteiger partial charge in [0.15, 0.2) is 6.29 Å². The molecular weight excluding hydrogens is 326 g/mol. The van der Waals surface area contributed by atoms with E-state index in [9.17, 15) is 4.79 Å². The molecule has 0 fully saturated rings. The van der Waals surface area contributed by atoms with Crippen molar-refractivity contribution in [2.24, 2.45) is 7.05 Å². The molecule has 2 aromatic heterocycles. The average molecular weight is 341 g/mol. The maximum atomic E-state index is 11.3. The fourth-order valence-electron chi connectivity index (χ4n) is 3.01. The van der Waals surface area contributed by atoms with Gasteiger partial charge in [-0.25, -0.2) is 4.98 Å². The van der Waals surface area contributed by atoms with E-state index in [1.54, 1.807) is 18.3 Å². The highest BCUT2D eigenvalue weighted by Gasteiger charge is 2.13. The molecule has 0 aliphatic carbocycles. The zero-order chi connectivity index (χ0) is 18.3. The van der Waals surface area contributed by atoms with Crippen LogP contribution in [0.3, 0.4) is 0 Å². The Labute approximate surface area is 149 Å². The van der Waals surface area contributed by atoms with E-state index in [4.69, 9.17) is 5.26 Å². The van der Waals surface area contributed by atoms with E-state index in [0.717, 1.165) is 34.1 Å². The molecule has 0 amide bonds. The van der Waals surface area contributed by atoms with Crippen LogP contribution in [0.4, 0.5) is 0 Å². The fourth-order valence-corrected chi connectivity index (χ4v) is 3.01. The molecule has 0 aliphatic heterocycles. The number of hydrogen-bond donors (Lipinski definition) is 0. The lowest BCUT2D eigenvalue weighted by Gasteiger charge is -2.08. The summed E-state index contributed by atoms with van der Waals surface area (Å²) in [4.78, 5) is 15.7. The molecule has 0 saturated carbocycles. The topological polar surface area (TPSA) is 76.5 Å². The molecule has 0 spiro atoms. The number of nitrogens with zero attached hydrogens (tertiary/aromatic N) is 5. The summed E-state index contributed by atoms with van der Waals surface area (Å²) in [7, 11) is 1.92. The van der Waals surface area contributed by atoms with Crippen LogP contribution in [0.15, 0.2) is 48.7 Å². The first kappa shape index (κ1) is 15.8. The van der Waals surface area contributed by atoms with Crippen LogP contribution in [0.25, 0.3) is 28.0 Å². The third-order valence-corrected chi connectivity index (χ3v) is 4.51. The Balaban J connectivity index is 1.91. The summed E-state index contributed by atoms with van der Waals surface area (Å²) in [6.45, 7) is 2.02. The maximum Gasteiger partial charge on any atom is 0.170 e.